The smallest absolute Gasteiger partial charge is 0.407 e. The molecule has 0 radical (unpaired) electrons. The Hall–Kier alpha value is -2.17. The monoisotopic (exact) mass is 558 g/mol. The van der Waals surface area contributed by atoms with Crippen molar-refractivity contribution in [1.82, 2.24) is 20.4 Å². The summed E-state index contributed by atoms with van der Waals surface area (Å²) in [7, 11) is 3.29. The largest absolute Gasteiger partial charge is 0.465 e. The molecule has 1 aliphatic carbocycles. The minimum Gasteiger partial charge on any atom is -0.465 e. The van der Waals surface area contributed by atoms with E-state index in [4.69, 9.17) is 21.4 Å². The van der Waals surface area contributed by atoms with Crippen LogP contribution in [0, 0.1) is 17.7 Å². The first-order chi connectivity index (χ1) is 18.2. The fraction of sp³-hybridized carbons (Fsp3) is 0.704. The highest BCUT2D eigenvalue weighted by atomic mass is 35.5. The summed E-state index contributed by atoms with van der Waals surface area (Å²) in [6.45, 7) is 1.77. The van der Waals surface area contributed by atoms with Crippen molar-refractivity contribution in [3.63, 3.8) is 0 Å². The minimum absolute atomic E-state index is 0.0131. The van der Waals surface area contributed by atoms with E-state index in [1.165, 1.54) is 13.1 Å². The van der Waals surface area contributed by atoms with Crippen LogP contribution in [0.15, 0.2) is 18.2 Å². The number of amides is 3. The van der Waals surface area contributed by atoms with E-state index in [-0.39, 0.29) is 36.2 Å². The zero-order valence-corrected chi connectivity index (χ0v) is 23.1. The van der Waals surface area contributed by atoms with Gasteiger partial charge in [0.2, 0.25) is 0 Å². The highest BCUT2D eigenvalue weighted by Gasteiger charge is 2.34. The number of ether oxygens (including phenoxy) is 1. The van der Waals surface area contributed by atoms with Crippen molar-refractivity contribution < 1.29 is 28.2 Å². The van der Waals surface area contributed by atoms with Gasteiger partial charge in [-0.05, 0) is 64.0 Å². The molecule has 38 heavy (non-hydrogen) atoms. The molecule has 2 fully saturated rings. The summed E-state index contributed by atoms with van der Waals surface area (Å²) in [6.07, 6.45) is 2.63. The van der Waals surface area contributed by atoms with Gasteiger partial charge in [-0.15, -0.1) is 0 Å². The van der Waals surface area contributed by atoms with Crippen LogP contribution in [0.3, 0.4) is 0 Å². The molecule has 1 aromatic rings. The first-order valence-electron chi connectivity index (χ1n) is 13.5. The summed E-state index contributed by atoms with van der Waals surface area (Å²) < 4.78 is 34.7. The Morgan fingerprint density at radius 3 is 2.68 bits per heavy atom. The molecule has 1 saturated carbocycles. The molecule has 0 spiro atoms. The van der Waals surface area contributed by atoms with Gasteiger partial charge in [0.1, 0.15) is 12.0 Å². The lowest BCUT2D eigenvalue weighted by atomic mass is 9.84. The normalized spacial score (nSPS) is 23.5. The summed E-state index contributed by atoms with van der Waals surface area (Å²) in [6, 6.07) is 4.51. The van der Waals surface area contributed by atoms with Crippen molar-refractivity contribution in [3.05, 3.63) is 34.6 Å². The predicted molar refractivity (Wildman–Crippen MR) is 143 cm³/mol. The molecule has 0 aromatic heterocycles. The van der Waals surface area contributed by atoms with E-state index in [0.29, 0.717) is 44.0 Å². The van der Waals surface area contributed by atoms with E-state index in [0.717, 1.165) is 37.0 Å². The van der Waals surface area contributed by atoms with Gasteiger partial charge < -0.3 is 30.3 Å². The lowest BCUT2D eigenvalue weighted by Gasteiger charge is -2.38. The third-order valence-corrected chi connectivity index (χ3v) is 7.98. The van der Waals surface area contributed by atoms with Crippen LogP contribution in [0.2, 0.25) is 5.02 Å². The Kier molecular flexibility index (Phi) is 11.9. The molecule has 1 saturated heterocycles. The first-order valence-corrected chi connectivity index (χ1v) is 13.9. The summed E-state index contributed by atoms with van der Waals surface area (Å²) >= 11 is 6.06. The summed E-state index contributed by atoms with van der Waals surface area (Å²) in [5.74, 6) is -0.369. The SMILES string of the molecule is CNC[C@H](C[C@H]1CC[C@H](F)CC1)NC(=O)N1CCC[C@@H]([C@@H](OCCN(C)C(=O)O)c2cccc(Cl)c2F)C1. The molecular weight excluding hydrogens is 518 g/mol. The summed E-state index contributed by atoms with van der Waals surface area (Å²) in [4.78, 5) is 27.3. The molecule has 214 valence electrons. The van der Waals surface area contributed by atoms with Crippen molar-refractivity contribution in [3.8, 4) is 0 Å². The fourth-order valence-corrected chi connectivity index (χ4v) is 5.72. The van der Waals surface area contributed by atoms with Crippen LogP contribution < -0.4 is 10.6 Å². The van der Waals surface area contributed by atoms with Crippen LogP contribution in [-0.2, 0) is 4.74 Å². The van der Waals surface area contributed by atoms with E-state index in [1.54, 1.807) is 17.0 Å². The number of carboxylic acid groups (broad SMARTS) is 1. The van der Waals surface area contributed by atoms with E-state index in [2.05, 4.69) is 10.6 Å². The maximum Gasteiger partial charge on any atom is 0.407 e. The van der Waals surface area contributed by atoms with Crippen LogP contribution in [0.4, 0.5) is 18.4 Å². The Morgan fingerprint density at radius 1 is 1.26 bits per heavy atom. The number of carbonyl (C=O) groups excluding carboxylic acids is 1. The lowest BCUT2D eigenvalue weighted by Crippen LogP contribution is -2.52. The van der Waals surface area contributed by atoms with Gasteiger partial charge in [-0.2, -0.15) is 0 Å². The third-order valence-electron chi connectivity index (χ3n) is 7.68. The third kappa shape index (κ3) is 8.68. The summed E-state index contributed by atoms with van der Waals surface area (Å²) in [5.41, 5.74) is 0.305. The Balaban J connectivity index is 1.67. The highest BCUT2D eigenvalue weighted by Crippen LogP contribution is 2.36. The molecule has 3 atom stereocenters. The molecule has 1 heterocycles. The fourth-order valence-electron chi connectivity index (χ4n) is 5.54. The number of piperidine rings is 1. The number of nitrogens with one attached hydrogen (secondary N) is 2. The Bertz CT molecular complexity index is 919. The molecule has 0 bridgehead atoms. The van der Waals surface area contributed by atoms with Gasteiger partial charge in [0.25, 0.3) is 0 Å². The number of benzene rings is 1. The molecule has 2 aliphatic rings. The van der Waals surface area contributed by atoms with E-state index in [1.807, 2.05) is 7.05 Å². The Morgan fingerprint density at radius 2 is 2.00 bits per heavy atom. The van der Waals surface area contributed by atoms with Gasteiger partial charge in [0.05, 0.1) is 17.7 Å². The van der Waals surface area contributed by atoms with Gasteiger partial charge in [-0.3, -0.25) is 0 Å². The molecule has 8 nitrogen and oxygen atoms in total. The molecule has 1 aromatic carbocycles. The molecule has 3 N–H and O–H groups in total. The van der Waals surface area contributed by atoms with Crippen LogP contribution in [-0.4, -0.2) is 86.1 Å². The predicted octanol–water partition coefficient (Wildman–Crippen LogP) is 5.07. The number of nitrogens with zero attached hydrogens (tertiary/aromatic N) is 2. The zero-order valence-electron chi connectivity index (χ0n) is 22.3. The number of carbonyl (C=O) groups is 2. The van der Waals surface area contributed by atoms with Gasteiger partial charge in [-0.25, -0.2) is 18.4 Å². The van der Waals surface area contributed by atoms with Crippen molar-refractivity contribution in [2.75, 3.05) is 46.9 Å². The quantitative estimate of drug-likeness (QED) is 0.352. The maximum atomic E-state index is 15.0. The minimum atomic E-state index is -1.08. The van der Waals surface area contributed by atoms with E-state index < -0.39 is 24.2 Å². The van der Waals surface area contributed by atoms with Gasteiger partial charge >= 0.3 is 12.1 Å². The number of likely N-dealkylation sites (N-methyl/N-ethyl adjacent to an activating group) is 2. The van der Waals surface area contributed by atoms with Crippen molar-refractivity contribution in [2.45, 2.75) is 63.3 Å². The average molecular weight is 559 g/mol. The highest BCUT2D eigenvalue weighted by molar-refractivity contribution is 6.30. The van der Waals surface area contributed by atoms with Gasteiger partial charge in [0, 0.05) is 50.7 Å². The van der Waals surface area contributed by atoms with E-state index >= 15 is 4.39 Å². The second kappa shape index (κ2) is 14.8. The van der Waals surface area contributed by atoms with Crippen LogP contribution >= 0.6 is 11.6 Å². The molecule has 0 unspecified atom stereocenters. The number of hydrogen-bond acceptors (Lipinski definition) is 4. The number of hydrogen-bond donors (Lipinski definition) is 3. The average Bonchev–Trinajstić information content (AvgIpc) is 2.90. The second-order valence-electron chi connectivity index (χ2n) is 10.5. The molecule has 3 amide bonds. The number of alkyl halides is 1. The summed E-state index contributed by atoms with van der Waals surface area (Å²) in [5, 5.41) is 15.4. The van der Waals surface area contributed by atoms with Crippen molar-refractivity contribution in [1.29, 1.82) is 0 Å². The molecule has 1 aliphatic heterocycles. The van der Waals surface area contributed by atoms with Gasteiger partial charge in [-0.1, -0.05) is 23.7 Å². The second-order valence-corrected chi connectivity index (χ2v) is 11.0. The number of urea groups is 1. The number of likely N-dealkylation sites (tertiary alicyclic amines) is 1. The molecular formula is C27H41ClF2N4O4. The number of rotatable bonds is 11. The van der Waals surface area contributed by atoms with Crippen molar-refractivity contribution >= 4 is 23.7 Å². The van der Waals surface area contributed by atoms with Crippen LogP contribution in [0.5, 0.6) is 0 Å². The Labute approximate surface area is 229 Å². The topological polar surface area (TPSA) is 94.1 Å². The molecule has 3 rings (SSSR count). The zero-order chi connectivity index (χ0) is 27.7. The maximum absolute atomic E-state index is 15.0. The first kappa shape index (κ1) is 30.4. The number of halogens is 3. The van der Waals surface area contributed by atoms with Crippen LogP contribution in [0.25, 0.3) is 0 Å². The van der Waals surface area contributed by atoms with E-state index in [9.17, 15) is 14.0 Å². The standard InChI is InChI=1S/C27H41ClF2N4O4/c1-31-16-21(15-18-8-10-20(29)11-9-18)32-26(35)34-12-4-5-19(17-34)25(38-14-13-33(2)27(36)37)22-6-3-7-23(28)24(22)30/h3,6-7,18-21,25,31H,4-5,8-17H2,1-2H3,(H,32,35)(H,36,37)/t18-,19-,20-,21+,25-/m1/s1. The van der Waals surface area contributed by atoms with Gasteiger partial charge in [0.15, 0.2) is 0 Å². The van der Waals surface area contributed by atoms with Crippen molar-refractivity contribution in [2.24, 2.45) is 11.8 Å². The van der Waals surface area contributed by atoms with Crippen LogP contribution in [0.1, 0.15) is 56.6 Å². The molecule has 11 heteroatoms. The lowest BCUT2D eigenvalue weighted by molar-refractivity contribution is -0.0173.